The molecule has 4 nitrogen and oxygen atoms in total. The van der Waals surface area contributed by atoms with Gasteiger partial charge >= 0.3 is 0 Å². The molecule has 0 radical (unpaired) electrons. The van der Waals surface area contributed by atoms with Crippen LogP contribution >= 0.6 is 0 Å². The second kappa shape index (κ2) is 3.90. The van der Waals surface area contributed by atoms with E-state index < -0.39 is 0 Å². The van der Waals surface area contributed by atoms with Gasteiger partial charge in [-0.2, -0.15) is 0 Å². The molecule has 0 fully saturated rings. The first kappa shape index (κ1) is 9.84. The van der Waals surface area contributed by atoms with Crippen LogP contribution in [-0.2, 0) is 0 Å². The van der Waals surface area contributed by atoms with Crippen molar-refractivity contribution in [2.45, 2.75) is 6.92 Å². The molecule has 0 amide bonds. The lowest BCUT2D eigenvalue weighted by molar-refractivity contribution is 0.533. The Kier molecular flexibility index (Phi) is 2.26. The van der Waals surface area contributed by atoms with Gasteiger partial charge in [-0.15, -0.1) is 10.2 Å². The van der Waals surface area contributed by atoms with E-state index in [9.17, 15) is 0 Å². The lowest BCUT2D eigenvalue weighted by Crippen LogP contribution is -1.79. The van der Waals surface area contributed by atoms with Crippen LogP contribution in [0.25, 0.3) is 22.8 Å². The highest BCUT2D eigenvalue weighted by atomic mass is 16.4. The molecular weight excluding hydrogens is 216 g/mol. The molecule has 0 aliphatic heterocycles. The second-order valence-electron chi connectivity index (χ2n) is 3.68. The van der Waals surface area contributed by atoms with Crippen molar-refractivity contribution in [1.82, 2.24) is 10.2 Å². The highest BCUT2D eigenvalue weighted by Gasteiger charge is 2.06. The Labute approximate surface area is 97.9 Å². The third-order valence-electron chi connectivity index (χ3n) is 2.46. The Hall–Kier alpha value is -2.36. The summed E-state index contributed by atoms with van der Waals surface area (Å²) >= 11 is 0. The Morgan fingerprint density at radius 1 is 0.941 bits per heavy atom. The summed E-state index contributed by atoms with van der Waals surface area (Å²) in [5, 5.41) is 7.77. The summed E-state index contributed by atoms with van der Waals surface area (Å²) in [4.78, 5) is 0. The zero-order valence-corrected chi connectivity index (χ0v) is 9.25. The second-order valence-corrected chi connectivity index (χ2v) is 3.68. The van der Waals surface area contributed by atoms with Crippen molar-refractivity contribution >= 4 is 0 Å². The first-order valence-electron chi connectivity index (χ1n) is 5.27. The van der Waals surface area contributed by atoms with Crippen LogP contribution in [0.2, 0.25) is 0 Å². The third kappa shape index (κ3) is 1.85. The number of benzene rings is 1. The molecule has 0 saturated heterocycles. The van der Waals surface area contributed by atoms with E-state index in [0.29, 0.717) is 11.8 Å². The molecule has 0 spiro atoms. The predicted molar refractivity (Wildman–Crippen MR) is 62.2 cm³/mol. The fourth-order valence-corrected chi connectivity index (χ4v) is 1.63. The standard InChI is InChI=1S/C13H10N2O2/c1-9-14-15-13(17-9)11-6-4-10(5-7-11)12-3-2-8-16-12/h2-8H,1H3. The maximum Gasteiger partial charge on any atom is 0.247 e. The summed E-state index contributed by atoms with van der Waals surface area (Å²) in [6.07, 6.45) is 1.66. The molecule has 84 valence electrons. The normalized spacial score (nSPS) is 10.6. The summed E-state index contributed by atoms with van der Waals surface area (Å²) < 4.78 is 10.7. The third-order valence-corrected chi connectivity index (χ3v) is 2.46. The average molecular weight is 226 g/mol. The number of rotatable bonds is 2. The van der Waals surface area contributed by atoms with Gasteiger partial charge in [0.1, 0.15) is 5.76 Å². The van der Waals surface area contributed by atoms with Crippen LogP contribution < -0.4 is 0 Å². The Bertz CT molecular complexity index is 609. The first-order chi connectivity index (χ1) is 8.33. The topological polar surface area (TPSA) is 52.1 Å². The van der Waals surface area contributed by atoms with Crippen LogP contribution in [0.1, 0.15) is 5.89 Å². The molecular formula is C13H10N2O2. The lowest BCUT2D eigenvalue weighted by atomic mass is 10.1. The van der Waals surface area contributed by atoms with Crippen molar-refractivity contribution in [3.63, 3.8) is 0 Å². The summed E-state index contributed by atoms with van der Waals surface area (Å²) in [5.74, 6) is 1.95. The summed E-state index contributed by atoms with van der Waals surface area (Å²) in [6, 6.07) is 11.6. The Balaban J connectivity index is 1.95. The van der Waals surface area contributed by atoms with Gasteiger partial charge in [0.2, 0.25) is 11.8 Å². The number of aryl methyl sites for hydroxylation is 1. The van der Waals surface area contributed by atoms with Crippen LogP contribution in [0.5, 0.6) is 0 Å². The van der Waals surface area contributed by atoms with E-state index in [0.717, 1.165) is 16.9 Å². The summed E-state index contributed by atoms with van der Waals surface area (Å²) in [7, 11) is 0. The van der Waals surface area contributed by atoms with Gasteiger partial charge in [0.05, 0.1) is 6.26 Å². The number of aromatic nitrogens is 2. The minimum Gasteiger partial charge on any atom is -0.464 e. The average Bonchev–Trinajstić information content (AvgIpc) is 3.00. The Morgan fingerprint density at radius 2 is 1.71 bits per heavy atom. The molecule has 0 atom stereocenters. The summed E-state index contributed by atoms with van der Waals surface area (Å²) in [5.41, 5.74) is 1.93. The van der Waals surface area contributed by atoms with Gasteiger partial charge in [-0.05, 0) is 24.3 Å². The maximum absolute atomic E-state index is 5.35. The zero-order chi connectivity index (χ0) is 11.7. The van der Waals surface area contributed by atoms with Crippen molar-refractivity contribution in [2.24, 2.45) is 0 Å². The van der Waals surface area contributed by atoms with Gasteiger partial charge in [-0.3, -0.25) is 0 Å². The largest absolute Gasteiger partial charge is 0.464 e. The summed E-state index contributed by atoms with van der Waals surface area (Å²) in [6.45, 7) is 1.77. The Morgan fingerprint density at radius 3 is 2.29 bits per heavy atom. The molecule has 2 aromatic heterocycles. The molecule has 0 unspecified atom stereocenters. The molecule has 3 rings (SSSR count). The molecule has 4 heteroatoms. The van der Waals surface area contributed by atoms with E-state index in [4.69, 9.17) is 8.83 Å². The van der Waals surface area contributed by atoms with Crippen molar-refractivity contribution in [3.05, 3.63) is 48.6 Å². The quantitative estimate of drug-likeness (QED) is 0.672. The van der Waals surface area contributed by atoms with Crippen molar-refractivity contribution in [3.8, 4) is 22.8 Å². The molecule has 2 heterocycles. The minimum atomic E-state index is 0.536. The highest BCUT2D eigenvalue weighted by molar-refractivity contribution is 5.63. The van der Waals surface area contributed by atoms with Crippen molar-refractivity contribution in [2.75, 3.05) is 0 Å². The first-order valence-corrected chi connectivity index (χ1v) is 5.27. The number of hydrogen-bond donors (Lipinski definition) is 0. The minimum absolute atomic E-state index is 0.536. The molecule has 17 heavy (non-hydrogen) atoms. The van der Waals surface area contributed by atoms with Gasteiger partial charge < -0.3 is 8.83 Å². The van der Waals surface area contributed by atoms with Gasteiger partial charge in [0.25, 0.3) is 0 Å². The van der Waals surface area contributed by atoms with Gasteiger partial charge in [0.15, 0.2) is 0 Å². The predicted octanol–water partition coefficient (Wildman–Crippen LogP) is 3.31. The molecule has 0 N–H and O–H groups in total. The van der Waals surface area contributed by atoms with Gasteiger partial charge in [-0.25, -0.2) is 0 Å². The number of nitrogens with zero attached hydrogens (tertiary/aromatic N) is 2. The van der Waals surface area contributed by atoms with Crippen LogP contribution in [-0.4, -0.2) is 10.2 Å². The molecule has 0 saturated carbocycles. The van der Waals surface area contributed by atoms with Crippen LogP contribution in [0.3, 0.4) is 0 Å². The molecule has 1 aromatic carbocycles. The number of hydrogen-bond acceptors (Lipinski definition) is 4. The fraction of sp³-hybridized carbons (Fsp3) is 0.0769. The molecule has 0 aliphatic rings. The maximum atomic E-state index is 5.35. The van der Waals surface area contributed by atoms with E-state index in [2.05, 4.69) is 10.2 Å². The smallest absolute Gasteiger partial charge is 0.247 e. The van der Waals surface area contributed by atoms with E-state index in [1.165, 1.54) is 0 Å². The van der Waals surface area contributed by atoms with Crippen LogP contribution in [0.4, 0.5) is 0 Å². The highest BCUT2D eigenvalue weighted by Crippen LogP contribution is 2.24. The van der Waals surface area contributed by atoms with Crippen LogP contribution in [0.15, 0.2) is 51.5 Å². The molecule has 0 bridgehead atoms. The SMILES string of the molecule is Cc1nnc(-c2ccc(-c3ccco3)cc2)o1. The molecule has 0 aliphatic carbocycles. The number of furan rings is 1. The lowest BCUT2D eigenvalue weighted by Gasteiger charge is -1.98. The zero-order valence-electron chi connectivity index (χ0n) is 9.25. The molecule has 3 aromatic rings. The fourth-order valence-electron chi connectivity index (χ4n) is 1.63. The van der Waals surface area contributed by atoms with E-state index in [1.54, 1.807) is 13.2 Å². The van der Waals surface area contributed by atoms with E-state index in [-0.39, 0.29) is 0 Å². The van der Waals surface area contributed by atoms with Crippen molar-refractivity contribution in [1.29, 1.82) is 0 Å². The van der Waals surface area contributed by atoms with Crippen LogP contribution in [0, 0.1) is 6.92 Å². The van der Waals surface area contributed by atoms with E-state index in [1.807, 2.05) is 36.4 Å². The monoisotopic (exact) mass is 226 g/mol. The van der Waals surface area contributed by atoms with Gasteiger partial charge in [-0.1, -0.05) is 12.1 Å². The van der Waals surface area contributed by atoms with Gasteiger partial charge in [0, 0.05) is 18.1 Å². The van der Waals surface area contributed by atoms with E-state index >= 15 is 0 Å². The van der Waals surface area contributed by atoms with Crippen molar-refractivity contribution < 1.29 is 8.83 Å².